The molecule has 3 heteroatoms. The van der Waals surface area contributed by atoms with Crippen LogP contribution in [0.4, 0.5) is 0 Å². The first-order valence-electron chi connectivity index (χ1n) is 6.89. The summed E-state index contributed by atoms with van der Waals surface area (Å²) in [7, 11) is 0. The number of benzene rings is 2. The molecule has 3 nitrogen and oxygen atoms in total. The number of hydrogen-bond acceptors (Lipinski definition) is 3. The fourth-order valence-corrected chi connectivity index (χ4v) is 1.86. The average molecular weight is 282 g/mol. The predicted molar refractivity (Wildman–Crippen MR) is 82.3 cm³/mol. The molecule has 0 heterocycles. The minimum absolute atomic E-state index is 0.335. The zero-order chi connectivity index (χ0) is 14.9. The van der Waals surface area contributed by atoms with Crippen LogP contribution in [0.1, 0.15) is 18.1 Å². The molecule has 0 aliphatic rings. The van der Waals surface area contributed by atoms with Gasteiger partial charge in [0.1, 0.15) is 12.2 Å². The summed E-state index contributed by atoms with van der Waals surface area (Å²) in [5, 5.41) is 0. The first-order valence-corrected chi connectivity index (χ1v) is 6.89. The Morgan fingerprint density at radius 1 is 1.00 bits per heavy atom. The third-order valence-electron chi connectivity index (χ3n) is 2.87. The van der Waals surface area contributed by atoms with Gasteiger partial charge in [0.05, 0.1) is 12.9 Å². The molecule has 0 amide bonds. The van der Waals surface area contributed by atoms with E-state index in [0.29, 0.717) is 18.8 Å². The summed E-state index contributed by atoms with van der Waals surface area (Å²) in [5.41, 5.74) is 2.25. The van der Waals surface area contributed by atoms with Crippen LogP contribution in [0.15, 0.2) is 66.9 Å². The van der Waals surface area contributed by atoms with E-state index in [1.165, 1.54) is 6.26 Å². The third-order valence-corrected chi connectivity index (χ3v) is 2.87. The molecule has 0 aliphatic heterocycles. The number of rotatable bonds is 6. The Morgan fingerprint density at radius 2 is 1.62 bits per heavy atom. The molecule has 0 unspecified atom stereocenters. The van der Waals surface area contributed by atoms with E-state index in [-0.39, 0.29) is 5.97 Å². The van der Waals surface area contributed by atoms with Crippen LogP contribution in [-0.4, -0.2) is 12.6 Å². The number of carbonyl (C=O) groups is 1. The van der Waals surface area contributed by atoms with Crippen LogP contribution in [-0.2, 0) is 20.9 Å². The van der Waals surface area contributed by atoms with Crippen molar-refractivity contribution in [1.29, 1.82) is 0 Å². The van der Waals surface area contributed by atoms with Gasteiger partial charge >= 0.3 is 5.97 Å². The Labute approximate surface area is 124 Å². The second kappa shape index (κ2) is 7.90. The van der Waals surface area contributed by atoms with Crippen molar-refractivity contribution in [3.8, 4) is 0 Å². The number of ether oxygens (including phenoxy) is 2. The van der Waals surface area contributed by atoms with Crippen LogP contribution in [0.2, 0.25) is 0 Å². The molecule has 2 aromatic rings. The lowest BCUT2D eigenvalue weighted by Crippen LogP contribution is -2.07. The standard InChI is InChI=1S/C18H18O3/c1-2-21-18(19)17(16-11-7-4-8-12-16)14-20-13-15-9-5-3-6-10-15/h3-12,14H,2,13H2,1H3. The molecule has 0 saturated heterocycles. The van der Waals surface area contributed by atoms with Crippen molar-refractivity contribution in [2.24, 2.45) is 0 Å². The van der Waals surface area contributed by atoms with E-state index in [4.69, 9.17) is 9.47 Å². The van der Waals surface area contributed by atoms with E-state index >= 15 is 0 Å². The Kier molecular flexibility index (Phi) is 5.59. The predicted octanol–water partition coefficient (Wildman–Crippen LogP) is 3.81. The highest BCUT2D eigenvalue weighted by Crippen LogP contribution is 2.16. The molecule has 0 saturated carbocycles. The SMILES string of the molecule is CCOC(=O)C(=COCc1ccccc1)c1ccccc1. The molecule has 108 valence electrons. The molecule has 2 rings (SSSR count). The third kappa shape index (κ3) is 4.49. The Bertz CT molecular complexity index is 588. The van der Waals surface area contributed by atoms with E-state index in [0.717, 1.165) is 11.1 Å². The summed E-state index contributed by atoms with van der Waals surface area (Å²) in [4.78, 5) is 12.0. The van der Waals surface area contributed by atoms with Crippen LogP contribution in [0.25, 0.3) is 5.57 Å². The molecule has 21 heavy (non-hydrogen) atoms. The van der Waals surface area contributed by atoms with Crippen LogP contribution >= 0.6 is 0 Å². The van der Waals surface area contributed by atoms with Crippen molar-refractivity contribution >= 4 is 11.5 Å². The highest BCUT2D eigenvalue weighted by molar-refractivity contribution is 6.16. The lowest BCUT2D eigenvalue weighted by molar-refractivity contribution is -0.136. The average Bonchev–Trinajstić information content (AvgIpc) is 2.53. The lowest BCUT2D eigenvalue weighted by Gasteiger charge is -2.08. The normalized spacial score (nSPS) is 11.0. The fraction of sp³-hybridized carbons (Fsp3) is 0.167. The molecule has 0 atom stereocenters. The highest BCUT2D eigenvalue weighted by atomic mass is 16.5. The topological polar surface area (TPSA) is 35.5 Å². The first kappa shape index (κ1) is 14.9. The van der Waals surface area contributed by atoms with Gasteiger partial charge in [-0.05, 0) is 18.1 Å². The Morgan fingerprint density at radius 3 is 2.24 bits per heavy atom. The van der Waals surface area contributed by atoms with Crippen molar-refractivity contribution in [3.63, 3.8) is 0 Å². The molecule has 0 spiro atoms. The Balaban J connectivity index is 2.11. The lowest BCUT2D eigenvalue weighted by atomic mass is 10.1. The van der Waals surface area contributed by atoms with Crippen LogP contribution in [0.3, 0.4) is 0 Å². The second-order valence-corrected chi connectivity index (χ2v) is 4.41. The van der Waals surface area contributed by atoms with Gasteiger partial charge in [0.15, 0.2) is 0 Å². The van der Waals surface area contributed by atoms with Crippen molar-refractivity contribution in [2.45, 2.75) is 13.5 Å². The van der Waals surface area contributed by atoms with Gasteiger partial charge in [-0.2, -0.15) is 0 Å². The summed E-state index contributed by atoms with van der Waals surface area (Å²) in [6.45, 7) is 2.53. The van der Waals surface area contributed by atoms with Gasteiger partial charge in [-0.3, -0.25) is 0 Å². The van der Waals surface area contributed by atoms with Gasteiger partial charge < -0.3 is 9.47 Å². The summed E-state index contributed by atoms with van der Waals surface area (Å²) >= 11 is 0. The molecule has 0 bridgehead atoms. The van der Waals surface area contributed by atoms with Crippen molar-refractivity contribution in [3.05, 3.63) is 78.1 Å². The van der Waals surface area contributed by atoms with Crippen molar-refractivity contribution < 1.29 is 14.3 Å². The zero-order valence-corrected chi connectivity index (χ0v) is 12.0. The molecule has 0 aromatic heterocycles. The highest BCUT2D eigenvalue weighted by Gasteiger charge is 2.13. The summed E-state index contributed by atoms with van der Waals surface area (Å²) in [6.07, 6.45) is 1.47. The maximum atomic E-state index is 12.0. The van der Waals surface area contributed by atoms with Crippen LogP contribution < -0.4 is 0 Å². The van der Waals surface area contributed by atoms with Gasteiger partial charge in [-0.1, -0.05) is 60.7 Å². The summed E-state index contributed by atoms with van der Waals surface area (Å²) in [5.74, 6) is -0.378. The molecular weight excluding hydrogens is 264 g/mol. The zero-order valence-electron chi connectivity index (χ0n) is 12.0. The molecule has 2 aromatic carbocycles. The largest absolute Gasteiger partial charge is 0.496 e. The molecule has 0 fully saturated rings. The number of hydrogen-bond donors (Lipinski definition) is 0. The van der Waals surface area contributed by atoms with E-state index in [2.05, 4.69) is 0 Å². The second-order valence-electron chi connectivity index (χ2n) is 4.41. The smallest absolute Gasteiger partial charge is 0.341 e. The molecular formula is C18H18O3. The molecule has 0 radical (unpaired) electrons. The van der Waals surface area contributed by atoms with Crippen LogP contribution in [0.5, 0.6) is 0 Å². The van der Waals surface area contributed by atoms with E-state index in [9.17, 15) is 4.79 Å². The maximum Gasteiger partial charge on any atom is 0.341 e. The monoisotopic (exact) mass is 282 g/mol. The summed E-state index contributed by atoms with van der Waals surface area (Å²) < 4.78 is 10.6. The van der Waals surface area contributed by atoms with Crippen molar-refractivity contribution in [2.75, 3.05) is 6.61 Å². The minimum Gasteiger partial charge on any atom is -0.496 e. The number of esters is 1. The first-order chi connectivity index (χ1) is 10.3. The Hall–Kier alpha value is -2.55. The van der Waals surface area contributed by atoms with Crippen molar-refractivity contribution in [1.82, 2.24) is 0 Å². The summed E-state index contributed by atoms with van der Waals surface area (Å²) in [6, 6.07) is 19.2. The molecule has 0 N–H and O–H groups in total. The fourth-order valence-electron chi connectivity index (χ4n) is 1.86. The van der Waals surface area contributed by atoms with Gasteiger partial charge in [-0.25, -0.2) is 4.79 Å². The van der Waals surface area contributed by atoms with E-state index in [1.54, 1.807) is 6.92 Å². The van der Waals surface area contributed by atoms with Gasteiger partial charge in [0, 0.05) is 0 Å². The minimum atomic E-state index is -0.378. The maximum absolute atomic E-state index is 12.0. The van der Waals surface area contributed by atoms with E-state index in [1.807, 2.05) is 60.7 Å². The molecule has 0 aliphatic carbocycles. The number of carbonyl (C=O) groups excluding carboxylic acids is 1. The quantitative estimate of drug-likeness (QED) is 0.459. The van der Waals surface area contributed by atoms with Gasteiger partial charge in [-0.15, -0.1) is 0 Å². The van der Waals surface area contributed by atoms with Crippen LogP contribution in [0, 0.1) is 0 Å². The van der Waals surface area contributed by atoms with Gasteiger partial charge in [0.2, 0.25) is 0 Å². The van der Waals surface area contributed by atoms with E-state index < -0.39 is 0 Å². The van der Waals surface area contributed by atoms with Gasteiger partial charge in [0.25, 0.3) is 0 Å².